The fraction of sp³-hybridized carbons (Fsp3) is 0.312. The van der Waals surface area contributed by atoms with Crippen LogP contribution in [0.5, 0.6) is 0 Å². The van der Waals surface area contributed by atoms with Crippen LogP contribution in [0.3, 0.4) is 0 Å². The van der Waals surface area contributed by atoms with Gasteiger partial charge in [-0.2, -0.15) is 4.31 Å². The van der Waals surface area contributed by atoms with Crippen molar-refractivity contribution >= 4 is 21.1 Å². The van der Waals surface area contributed by atoms with Crippen molar-refractivity contribution in [3.63, 3.8) is 0 Å². The van der Waals surface area contributed by atoms with Crippen LogP contribution in [-0.4, -0.2) is 23.8 Å². The molecule has 1 saturated heterocycles. The molecule has 1 atom stereocenters. The standard InChI is InChI=1S/C16H16N2O5S/c1-17-12-7-6-11(10-15(12)23-16(17)19)24(20,21)18-8-2-4-13(18)14-5-3-9-22-14/h3,5-7,9-10,13H,2,4,8H2,1H3. The molecule has 0 aliphatic carbocycles. The Hall–Kier alpha value is -2.32. The molecule has 1 aliphatic heterocycles. The molecule has 7 nitrogen and oxygen atoms in total. The first-order valence-corrected chi connectivity index (χ1v) is 9.07. The van der Waals surface area contributed by atoms with Gasteiger partial charge in [-0.25, -0.2) is 13.2 Å². The van der Waals surface area contributed by atoms with E-state index < -0.39 is 15.8 Å². The van der Waals surface area contributed by atoms with Gasteiger partial charge >= 0.3 is 5.76 Å². The van der Waals surface area contributed by atoms with Crippen molar-refractivity contribution in [2.24, 2.45) is 7.05 Å². The monoisotopic (exact) mass is 348 g/mol. The second kappa shape index (κ2) is 5.35. The van der Waals surface area contributed by atoms with Crippen molar-refractivity contribution < 1.29 is 17.3 Å². The summed E-state index contributed by atoms with van der Waals surface area (Å²) in [4.78, 5) is 11.7. The Morgan fingerprint density at radius 3 is 2.83 bits per heavy atom. The number of hydrogen-bond acceptors (Lipinski definition) is 5. The van der Waals surface area contributed by atoms with Crippen molar-refractivity contribution in [3.8, 4) is 0 Å². The molecule has 0 radical (unpaired) electrons. The van der Waals surface area contributed by atoms with Crippen LogP contribution in [0.2, 0.25) is 0 Å². The number of hydrogen-bond donors (Lipinski definition) is 0. The molecule has 3 heterocycles. The second-order valence-electron chi connectivity index (χ2n) is 5.85. The van der Waals surface area contributed by atoms with Crippen LogP contribution in [0.1, 0.15) is 24.6 Å². The molecule has 126 valence electrons. The molecule has 1 aromatic carbocycles. The van der Waals surface area contributed by atoms with E-state index in [1.54, 1.807) is 31.5 Å². The Balaban J connectivity index is 1.78. The molecule has 0 N–H and O–H groups in total. The van der Waals surface area contributed by atoms with Crippen molar-refractivity contribution in [3.05, 3.63) is 52.9 Å². The first-order chi connectivity index (χ1) is 11.5. The Bertz CT molecular complexity index is 1050. The van der Waals surface area contributed by atoms with Gasteiger partial charge in [0, 0.05) is 19.7 Å². The van der Waals surface area contributed by atoms with Crippen molar-refractivity contribution in [1.82, 2.24) is 8.87 Å². The van der Waals surface area contributed by atoms with Gasteiger partial charge in [0.2, 0.25) is 10.0 Å². The van der Waals surface area contributed by atoms with Gasteiger partial charge in [0.1, 0.15) is 5.76 Å². The third-order valence-corrected chi connectivity index (χ3v) is 6.35. The van der Waals surface area contributed by atoms with Gasteiger partial charge in [-0.1, -0.05) is 0 Å². The van der Waals surface area contributed by atoms with Crippen LogP contribution >= 0.6 is 0 Å². The Morgan fingerprint density at radius 1 is 1.25 bits per heavy atom. The van der Waals surface area contributed by atoms with E-state index in [9.17, 15) is 13.2 Å². The molecule has 3 aromatic rings. The molecular formula is C16H16N2O5S. The highest BCUT2D eigenvalue weighted by atomic mass is 32.2. The maximum Gasteiger partial charge on any atom is 0.419 e. The summed E-state index contributed by atoms with van der Waals surface area (Å²) in [6.07, 6.45) is 3.03. The number of fused-ring (bicyclic) bond motifs is 1. The van der Waals surface area contributed by atoms with Crippen LogP contribution in [0.15, 0.2) is 55.1 Å². The lowest BCUT2D eigenvalue weighted by atomic mass is 10.2. The SMILES string of the molecule is Cn1c(=O)oc2cc(S(=O)(=O)N3CCCC3c3ccco3)ccc21. The normalized spacial score (nSPS) is 19.3. The van der Waals surface area contributed by atoms with Crippen LogP contribution in [-0.2, 0) is 17.1 Å². The van der Waals surface area contributed by atoms with E-state index >= 15 is 0 Å². The fourth-order valence-electron chi connectivity index (χ4n) is 3.20. The zero-order chi connectivity index (χ0) is 16.9. The Kier molecular flexibility index (Phi) is 3.40. The highest BCUT2D eigenvalue weighted by Crippen LogP contribution is 2.37. The van der Waals surface area contributed by atoms with Gasteiger partial charge < -0.3 is 8.83 Å². The topological polar surface area (TPSA) is 85.7 Å². The predicted molar refractivity (Wildman–Crippen MR) is 86.0 cm³/mol. The third kappa shape index (κ3) is 2.22. The van der Waals surface area contributed by atoms with Gasteiger partial charge in [-0.3, -0.25) is 4.57 Å². The molecule has 0 amide bonds. The van der Waals surface area contributed by atoms with E-state index in [4.69, 9.17) is 8.83 Å². The maximum atomic E-state index is 13.0. The number of benzene rings is 1. The molecule has 0 spiro atoms. The summed E-state index contributed by atoms with van der Waals surface area (Å²) in [7, 11) is -2.13. The summed E-state index contributed by atoms with van der Waals surface area (Å²) in [5.74, 6) is 0.123. The first-order valence-electron chi connectivity index (χ1n) is 7.63. The van der Waals surface area contributed by atoms with Crippen LogP contribution in [0.25, 0.3) is 11.1 Å². The van der Waals surface area contributed by atoms with Crippen molar-refractivity contribution in [1.29, 1.82) is 0 Å². The summed E-state index contributed by atoms with van der Waals surface area (Å²) >= 11 is 0. The summed E-state index contributed by atoms with van der Waals surface area (Å²) in [5.41, 5.74) is 0.820. The van der Waals surface area contributed by atoms with Crippen LogP contribution in [0.4, 0.5) is 0 Å². The average Bonchev–Trinajstić information content (AvgIpc) is 3.28. The minimum absolute atomic E-state index is 0.114. The van der Waals surface area contributed by atoms with E-state index in [0.717, 1.165) is 12.8 Å². The van der Waals surface area contributed by atoms with E-state index in [-0.39, 0.29) is 16.5 Å². The molecule has 24 heavy (non-hydrogen) atoms. The number of aryl methyl sites for hydroxylation is 1. The van der Waals surface area contributed by atoms with Gasteiger partial charge in [0.05, 0.1) is 22.7 Å². The van der Waals surface area contributed by atoms with Crippen LogP contribution < -0.4 is 5.76 Å². The van der Waals surface area contributed by atoms with E-state index in [2.05, 4.69) is 0 Å². The molecule has 2 aromatic heterocycles. The van der Waals surface area contributed by atoms with Crippen molar-refractivity contribution in [2.75, 3.05) is 6.54 Å². The fourth-order valence-corrected chi connectivity index (χ4v) is 4.88. The molecule has 1 aliphatic rings. The Labute approximate surface area is 138 Å². The number of rotatable bonds is 3. The summed E-state index contributed by atoms with van der Waals surface area (Å²) < 4.78 is 39.4. The van der Waals surface area contributed by atoms with Crippen molar-refractivity contribution in [2.45, 2.75) is 23.8 Å². The highest BCUT2D eigenvalue weighted by Gasteiger charge is 2.37. The maximum absolute atomic E-state index is 13.0. The van der Waals surface area contributed by atoms with Gasteiger partial charge in [0.15, 0.2) is 5.58 Å². The first kappa shape index (κ1) is 15.2. The molecule has 1 unspecified atom stereocenters. The minimum Gasteiger partial charge on any atom is -0.468 e. The molecular weight excluding hydrogens is 332 g/mol. The predicted octanol–water partition coefficient (Wildman–Crippen LogP) is 2.25. The van der Waals surface area contributed by atoms with Gasteiger partial charge in [-0.15, -0.1) is 0 Å². The van der Waals surface area contributed by atoms with Crippen LogP contribution in [0, 0.1) is 0 Å². The lowest BCUT2D eigenvalue weighted by Gasteiger charge is -2.22. The Morgan fingerprint density at radius 2 is 2.08 bits per heavy atom. The summed E-state index contributed by atoms with van der Waals surface area (Å²) in [5, 5.41) is 0. The minimum atomic E-state index is -3.71. The van der Waals surface area contributed by atoms with Gasteiger partial charge in [-0.05, 0) is 37.1 Å². The lowest BCUT2D eigenvalue weighted by molar-refractivity contribution is 0.340. The highest BCUT2D eigenvalue weighted by molar-refractivity contribution is 7.89. The van der Waals surface area contributed by atoms with E-state index in [1.807, 2.05) is 0 Å². The molecule has 1 fully saturated rings. The largest absolute Gasteiger partial charge is 0.468 e. The average molecular weight is 348 g/mol. The molecule has 8 heteroatoms. The van der Waals surface area contributed by atoms with E-state index in [0.29, 0.717) is 17.8 Å². The molecule has 0 bridgehead atoms. The van der Waals surface area contributed by atoms with E-state index in [1.165, 1.54) is 21.0 Å². The smallest absolute Gasteiger partial charge is 0.419 e. The number of sulfonamides is 1. The number of nitrogens with zero attached hydrogens (tertiary/aromatic N) is 2. The second-order valence-corrected chi connectivity index (χ2v) is 7.74. The number of oxazole rings is 1. The number of aromatic nitrogens is 1. The summed E-state index contributed by atoms with van der Waals surface area (Å²) in [6.45, 7) is 0.435. The van der Waals surface area contributed by atoms with Gasteiger partial charge in [0.25, 0.3) is 0 Å². The zero-order valence-electron chi connectivity index (χ0n) is 13.0. The quantitative estimate of drug-likeness (QED) is 0.725. The third-order valence-electron chi connectivity index (χ3n) is 4.45. The lowest BCUT2D eigenvalue weighted by Crippen LogP contribution is -2.30. The summed E-state index contributed by atoms with van der Waals surface area (Å²) in [6, 6.07) is 7.74. The molecule has 4 rings (SSSR count). The zero-order valence-corrected chi connectivity index (χ0v) is 13.8. The number of furan rings is 1. The molecule has 0 saturated carbocycles.